The summed E-state index contributed by atoms with van der Waals surface area (Å²) < 4.78 is 5.07. The first-order chi connectivity index (χ1) is 4.36. The van der Waals surface area contributed by atoms with E-state index in [2.05, 4.69) is 5.32 Å². The van der Waals surface area contributed by atoms with E-state index in [0.717, 1.165) is 13.0 Å². The van der Waals surface area contributed by atoms with Crippen molar-refractivity contribution in [3.8, 4) is 0 Å². The minimum atomic E-state index is 0.222. The molecule has 0 bridgehead atoms. The first kappa shape index (κ1) is 6.99. The molecule has 1 heterocycles. The first-order valence-electron chi connectivity index (χ1n) is 3.24. The van der Waals surface area contributed by atoms with Crippen LogP contribution in [0, 0.1) is 0 Å². The highest BCUT2D eigenvalue weighted by Gasteiger charge is 2.22. The molecule has 0 radical (unpaired) electrons. The fourth-order valence-corrected chi connectivity index (χ4v) is 1.10. The normalized spacial score (nSPS) is 35.3. The average Bonchev–Trinajstić information content (AvgIpc) is 2.34. The van der Waals surface area contributed by atoms with Crippen LogP contribution in [0.3, 0.4) is 0 Å². The zero-order valence-electron chi connectivity index (χ0n) is 5.63. The molecule has 0 aliphatic carbocycles. The van der Waals surface area contributed by atoms with E-state index in [1.54, 1.807) is 7.11 Å². The van der Waals surface area contributed by atoms with Crippen LogP contribution in [0.1, 0.15) is 6.42 Å². The molecule has 1 aliphatic heterocycles. The Morgan fingerprint density at radius 3 is 2.89 bits per heavy atom. The summed E-state index contributed by atoms with van der Waals surface area (Å²) in [5, 5.41) is 11.8. The number of nitrogens with one attached hydrogen (secondary N) is 1. The Hall–Kier alpha value is -0.120. The van der Waals surface area contributed by atoms with E-state index in [0.29, 0.717) is 6.10 Å². The maximum atomic E-state index is 8.66. The number of rotatable bonds is 2. The lowest BCUT2D eigenvalue weighted by molar-refractivity contribution is 0.114. The highest BCUT2D eigenvalue weighted by atomic mass is 16.5. The van der Waals surface area contributed by atoms with E-state index in [1.807, 2.05) is 0 Å². The molecular weight excluding hydrogens is 118 g/mol. The monoisotopic (exact) mass is 131 g/mol. The summed E-state index contributed by atoms with van der Waals surface area (Å²) >= 11 is 0. The van der Waals surface area contributed by atoms with E-state index in [-0.39, 0.29) is 12.6 Å². The number of aliphatic hydroxyl groups is 1. The summed E-state index contributed by atoms with van der Waals surface area (Å²) in [5.74, 6) is 0. The molecule has 0 aromatic heterocycles. The molecule has 3 heteroatoms. The van der Waals surface area contributed by atoms with E-state index >= 15 is 0 Å². The molecule has 2 unspecified atom stereocenters. The van der Waals surface area contributed by atoms with Crippen LogP contribution < -0.4 is 5.32 Å². The quantitative estimate of drug-likeness (QED) is 0.523. The SMILES string of the molecule is COC1CNC(CO)C1. The van der Waals surface area contributed by atoms with Crippen LogP contribution in [0.5, 0.6) is 0 Å². The Kier molecular flexibility index (Phi) is 2.45. The zero-order valence-corrected chi connectivity index (χ0v) is 5.63. The number of hydrogen-bond donors (Lipinski definition) is 2. The topological polar surface area (TPSA) is 41.5 Å². The number of aliphatic hydroxyl groups excluding tert-OH is 1. The highest BCUT2D eigenvalue weighted by Crippen LogP contribution is 2.07. The Bertz CT molecular complexity index is 77.1. The lowest BCUT2D eigenvalue weighted by Gasteiger charge is -2.04. The van der Waals surface area contributed by atoms with Gasteiger partial charge in [0.25, 0.3) is 0 Å². The molecule has 0 spiro atoms. The molecule has 0 aromatic rings. The largest absolute Gasteiger partial charge is 0.395 e. The number of ether oxygens (including phenoxy) is 1. The molecule has 1 rings (SSSR count). The van der Waals surface area contributed by atoms with Gasteiger partial charge in [-0.25, -0.2) is 0 Å². The second kappa shape index (κ2) is 3.15. The van der Waals surface area contributed by atoms with Gasteiger partial charge in [-0.1, -0.05) is 0 Å². The fraction of sp³-hybridized carbons (Fsp3) is 1.00. The maximum Gasteiger partial charge on any atom is 0.0711 e. The van der Waals surface area contributed by atoms with E-state index in [1.165, 1.54) is 0 Å². The lowest BCUT2D eigenvalue weighted by atomic mass is 10.2. The van der Waals surface area contributed by atoms with Gasteiger partial charge in [0.2, 0.25) is 0 Å². The maximum absolute atomic E-state index is 8.66. The Morgan fingerprint density at radius 1 is 1.78 bits per heavy atom. The van der Waals surface area contributed by atoms with E-state index in [9.17, 15) is 0 Å². The van der Waals surface area contributed by atoms with Gasteiger partial charge in [-0.15, -0.1) is 0 Å². The van der Waals surface area contributed by atoms with Gasteiger partial charge in [-0.3, -0.25) is 0 Å². The predicted molar refractivity (Wildman–Crippen MR) is 34.3 cm³/mol. The molecule has 3 nitrogen and oxygen atoms in total. The number of hydrogen-bond acceptors (Lipinski definition) is 3. The second-order valence-corrected chi connectivity index (χ2v) is 2.38. The Balaban J connectivity index is 2.20. The van der Waals surface area contributed by atoms with Gasteiger partial charge in [0.15, 0.2) is 0 Å². The molecule has 1 saturated heterocycles. The molecule has 0 saturated carbocycles. The minimum absolute atomic E-state index is 0.222. The van der Waals surface area contributed by atoms with Crippen LogP contribution in [0.25, 0.3) is 0 Å². The van der Waals surface area contributed by atoms with Gasteiger partial charge in [0.1, 0.15) is 0 Å². The summed E-state index contributed by atoms with van der Waals surface area (Å²) in [6.45, 7) is 1.10. The average molecular weight is 131 g/mol. The summed E-state index contributed by atoms with van der Waals surface area (Å²) in [4.78, 5) is 0. The van der Waals surface area contributed by atoms with Crippen LogP contribution >= 0.6 is 0 Å². The van der Waals surface area contributed by atoms with Crippen LogP contribution in [0.4, 0.5) is 0 Å². The minimum Gasteiger partial charge on any atom is -0.395 e. The summed E-state index contributed by atoms with van der Waals surface area (Å²) in [7, 11) is 1.70. The van der Waals surface area contributed by atoms with Crippen molar-refractivity contribution in [2.75, 3.05) is 20.3 Å². The van der Waals surface area contributed by atoms with Crippen LogP contribution in [0.15, 0.2) is 0 Å². The van der Waals surface area contributed by atoms with Gasteiger partial charge in [0, 0.05) is 19.7 Å². The fourth-order valence-electron chi connectivity index (χ4n) is 1.10. The van der Waals surface area contributed by atoms with Crippen molar-refractivity contribution >= 4 is 0 Å². The van der Waals surface area contributed by atoms with Crippen LogP contribution in [-0.4, -0.2) is 37.5 Å². The third-order valence-electron chi connectivity index (χ3n) is 1.74. The molecule has 1 fully saturated rings. The van der Waals surface area contributed by atoms with Crippen molar-refractivity contribution in [1.29, 1.82) is 0 Å². The van der Waals surface area contributed by atoms with Crippen molar-refractivity contribution < 1.29 is 9.84 Å². The first-order valence-corrected chi connectivity index (χ1v) is 3.24. The molecule has 9 heavy (non-hydrogen) atoms. The molecule has 1 aliphatic rings. The van der Waals surface area contributed by atoms with E-state index < -0.39 is 0 Å². The third kappa shape index (κ3) is 1.64. The van der Waals surface area contributed by atoms with Gasteiger partial charge in [-0.05, 0) is 6.42 Å². The second-order valence-electron chi connectivity index (χ2n) is 2.38. The van der Waals surface area contributed by atoms with Crippen molar-refractivity contribution in [3.05, 3.63) is 0 Å². The van der Waals surface area contributed by atoms with Crippen LogP contribution in [0.2, 0.25) is 0 Å². The van der Waals surface area contributed by atoms with Crippen molar-refractivity contribution in [3.63, 3.8) is 0 Å². The van der Waals surface area contributed by atoms with Gasteiger partial charge in [-0.2, -0.15) is 0 Å². The van der Waals surface area contributed by atoms with Crippen molar-refractivity contribution in [1.82, 2.24) is 5.32 Å². The highest BCUT2D eigenvalue weighted by molar-refractivity contribution is 4.80. The van der Waals surface area contributed by atoms with E-state index in [4.69, 9.17) is 9.84 Å². The summed E-state index contributed by atoms with van der Waals surface area (Å²) in [5.41, 5.74) is 0. The third-order valence-corrected chi connectivity index (χ3v) is 1.74. The van der Waals surface area contributed by atoms with Crippen molar-refractivity contribution in [2.24, 2.45) is 0 Å². The van der Waals surface area contributed by atoms with Crippen LogP contribution in [-0.2, 0) is 4.74 Å². The van der Waals surface area contributed by atoms with Crippen molar-refractivity contribution in [2.45, 2.75) is 18.6 Å². The molecule has 2 N–H and O–H groups in total. The molecule has 2 atom stereocenters. The molecular formula is C6H13NO2. The molecule has 54 valence electrons. The summed E-state index contributed by atoms with van der Waals surface area (Å²) in [6, 6.07) is 0.259. The Morgan fingerprint density at radius 2 is 2.56 bits per heavy atom. The smallest absolute Gasteiger partial charge is 0.0711 e. The number of methoxy groups -OCH3 is 1. The van der Waals surface area contributed by atoms with Gasteiger partial charge in [0.05, 0.1) is 12.7 Å². The van der Waals surface area contributed by atoms with Gasteiger partial charge < -0.3 is 15.2 Å². The van der Waals surface area contributed by atoms with Gasteiger partial charge >= 0.3 is 0 Å². The zero-order chi connectivity index (χ0) is 6.69. The summed E-state index contributed by atoms with van der Waals surface area (Å²) in [6.07, 6.45) is 1.25. The Labute approximate surface area is 55.0 Å². The molecule has 0 amide bonds. The standard InChI is InChI=1S/C6H13NO2/c1-9-6-2-5(4-8)7-3-6/h5-8H,2-4H2,1H3. The molecule has 0 aromatic carbocycles. The lowest BCUT2D eigenvalue weighted by Crippen LogP contribution is -2.24. The predicted octanol–water partition coefficient (Wildman–Crippen LogP) is -0.644.